The first-order valence-electron chi connectivity index (χ1n) is 9.07. The molecular formula is C19H25N3O3. The lowest BCUT2D eigenvalue weighted by molar-refractivity contribution is -0.134. The van der Waals surface area contributed by atoms with Gasteiger partial charge in [0, 0.05) is 5.69 Å². The van der Waals surface area contributed by atoms with E-state index in [0.717, 1.165) is 37.0 Å². The molecule has 1 saturated heterocycles. The number of anilines is 1. The van der Waals surface area contributed by atoms with Crippen LogP contribution >= 0.6 is 0 Å². The number of carbonyl (C=O) groups excluding carboxylic acids is 3. The molecule has 25 heavy (non-hydrogen) atoms. The maximum absolute atomic E-state index is 12.7. The average molecular weight is 343 g/mol. The molecule has 2 fully saturated rings. The van der Waals surface area contributed by atoms with Crippen molar-refractivity contribution in [2.45, 2.75) is 57.4 Å². The maximum atomic E-state index is 12.7. The molecule has 1 aliphatic heterocycles. The van der Waals surface area contributed by atoms with Crippen molar-refractivity contribution in [3.63, 3.8) is 0 Å². The fourth-order valence-electron chi connectivity index (χ4n) is 3.70. The fourth-order valence-corrected chi connectivity index (χ4v) is 3.70. The second-order valence-corrected chi connectivity index (χ2v) is 6.96. The van der Waals surface area contributed by atoms with Gasteiger partial charge in [-0.25, -0.2) is 4.79 Å². The summed E-state index contributed by atoms with van der Waals surface area (Å²) in [6.45, 7) is 1.87. The minimum absolute atomic E-state index is 0.247. The van der Waals surface area contributed by atoms with Crippen molar-refractivity contribution in [3.05, 3.63) is 29.8 Å². The van der Waals surface area contributed by atoms with Gasteiger partial charge in [0.15, 0.2) is 0 Å². The van der Waals surface area contributed by atoms with Crippen molar-refractivity contribution in [2.75, 3.05) is 11.9 Å². The van der Waals surface area contributed by atoms with Gasteiger partial charge in [-0.2, -0.15) is 0 Å². The number of nitrogens with one attached hydrogen (secondary N) is 2. The lowest BCUT2D eigenvalue weighted by Crippen LogP contribution is -2.48. The molecule has 2 N–H and O–H groups in total. The SMILES string of the molecule is CCCc1ccc(NC(=O)CN2C(=O)NC3(CCCCC3)C2=O)cc1. The highest BCUT2D eigenvalue weighted by Crippen LogP contribution is 2.33. The van der Waals surface area contributed by atoms with Crippen LogP contribution in [0.4, 0.5) is 10.5 Å². The van der Waals surface area contributed by atoms with Gasteiger partial charge < -0.3 is 10.6 Å². The summed E-state index contributed by atoms with van der Waals surface area (Å²) < 4.78 is 0. The molecule has 3 rings (SSSR count). The van der Waals surface area contributed by atoms with Gasteiger partial charge in [-0.15, -0.1) is 0 Å². The van der Waals surface area contributed by atoms with Gasteiger partial charge in [0.1, 0.15) is 12.1 Å². The number of carbonyl (C=O) groups is 3. The quantitative estimate of drug-likeness (QED) is 0.807. The molecule has 2 aliphatic rings. The van der Waals surface area contributed by atoms with Gasteiger partial charge in [0.2, 0.25) is 5.91 Å². The zero-order valence-corrected chi connectivity index (χ0v) is 14.6. The lowest BCUT2D eigenvalue weighted by atomic mass is 9.82. The summed E-state index contributed by atoms with van der Waals surface area (Å²) in [6, 6.07) is 7.18. The van der Waals surface area contributed by atoms with Gasteiger partial charge in [0.25, 0.3) is 5.91 Å². The monoisotopic (exact) mass is 343 g/mol. The third-order valence-electron chi connectivity index (χ3n) is 5.03. The van der Waals surface area contributed by atoms with Gasteiger partial charge in [-0.05, 0) is 37.0 Å². The third kappa shape index (κ3) is 3.67. The van der Waals surface area contributed by atoms with Crippen molar-refractivity contribution >= 4 is 23.5 Å². The molecule has 0 unspecified atom stereocenters. The Morgan fingerprint density at radius 2 is 1.84 bits per heavy atom. The van der Waals surface area contributed by atoms with E-state index < -0.39 is 11.6 Å². The van der Waals surface area contributed by atoms with E-state index in [1.165, 1.54) is 5.56 Å². The molecule has 1 aromatic carbocycles. The minimum atomic E-state index is -0.780. The summed E-state index contributed by atoms with van der Waals surface area (Å²) in [5.41, 5.74) is 1.11. The number of benzene rings is 1. The Bertz CT molecular complexity index is 663. The molecule has 1 spiro atoms. The van der Waals surface area contributed by atoms with Gasteiger partial charge >= 0.3 is 6.03 Å². The van der Waals surface area contributed by atoms with E-state index in [-0.39, 0.29) is 18.4 Å². The molecule has 0 bridgehead atoms. The Balaban J connectivity index is 1.60. The molecule has 0 aromatic heterocycles. The molecule has 134 valence electrons. The predicted molar refractivity (Wildman–Crippen MR) is 95.1 cm³/mol. The van der Waals surface area contributed by atoms with Crippen molar-refractivity contribution in [1.82, 2.24) is 10.2 Å². The van der Waals surface area contributed by atoms with Crippen LogP contribution in [0.5, 0.6) is 0 Å². The standard InChI is InChI=1S/C19H25N3O3/c1-2-6-14-7-9-15(10-8-14)20-16(23)13-22-17(24)19(21-18(22)25)11-4-3-5-12-19/h7-10H,2-6,11-13H2,1H3,(H,20,23)(H,21,25). The lowest BCUT2D eigenvalue weighted by Gasteiger charge is -2.30. The predicted octanol–water partition coefficient (Wildman–Crippen LogP) is 2.83. The van der Waals surface area contributed by atoms with Crippen molar-refractivity contribution in [1.29, 1.82) is 0 Å². The molecule has 4 amide bonds. The van der Waals surface area contributed by atoms with E-state index in [9.17, 15) is 14.4 Å². The molecule has 1 heterocycles. The first-order chi connectivity index (χ1) is 12.0. The smallest absolute Gasteiger partial charge is 0.325 e. The van der Waals surface area contributed by atoms with Crippen molar-refractivity contribution in [2.24, 2.45) is 0 Å². The zero-order valence-electron chi connectivity index (χ0n) is 14.6. The number of hydrogen-bond donors (Lipinski definition) is 2. The average Bonchev–Trinajstić information content (AvgIpc) is 2.82. The molecule has 0 atom stereocenters. The van der Waals surface area contributed by atoms with Crippen LogP contribution in [0, 0.1) is 0 Å². The van der Waals surface area contributed by atoms with Crippen LogP contribution in [-0.4, -0.2) is 34.8 Å². The molecular weight excluding hydrogens is 318 g/mol. The normalized spacial score (nSPS) is 19.2. The van der Waals surface area contributed by atoms with Crippen molar-refractivity contribution < 1.29 is 14.4 Å². The summed E-state index contributed by atoms with van der Waals surface area (Å²) in [4.78, 5) is 38.1. The fraction of sp³-hybridized carbons (Fsp3) is 0.526. The number of hydrogen-bond acceptors (Lipinski definition) is 3. The van der Waals surface area contributed by atoms with Gasteiger partial charge in [-0.3, -0.25) is 14.5 Å². The Morgan fingerprint density at radius 3 is 2.48 bits per heavy atom. The van der Waals surface area contributed by atoms with E-state index >= 15 is 0 Å². The Hall–Kier alpha value is -2.37. The maximum Gasteiger partial charge on any atom is 0.325 e. The van der Waals surface area contributed by atoms with Gasteiger partial charge in [0.05, 0.1) is 0 Å². The Kier molecular flexibility index (Phi) is 5.06. The molecule has 1 aliphatic carbocycles. The highest BCUT2D eigenvalue weighted by atomic mass is 16.2. The summed E-state index contributed by atoms with van der Waals surface area (Å²) >= 11 is 0. The third-order valence-corrected chi connectivity index (χ3v) is 5.03. The van der Waals surface area contributed by atoms with E-state index in [1.54, 1.807) is 0 Å². The first kappa shape index (κ1) is 17.5. The Morgan fingerprint density at radius 1 is 1.16 bits per heavy atom. The van der Waals surface area contributed by atoms with E-state index in [2.05, 4.69) is 17.6 Å². The summed E-state index contributed by atoms with van der Waals surface area (Å²) in [5.74, 6) is -0.620. The number of rotatable bonds is 5. The van der Waals surface area contributed by atoms with E-state index in [1.807, 2.05) is 24.3 Å². The molecule has 6 nitrogen and oxygen atoms in total. The van der Waals surface area contributed by atoms with Gasteiger partial charge in [-0.1, -0.05) is 44.7 Å². The second-order valence-electron chi connectivity index (χ2n) is 6.96. The minimum Gasteiger partial charge on any atom is -0.325 e. The zero-order chi connectivity index (χ0) is 17.9. The summed E-state index contributed by atoms with van der Waals surface area (Å²) in [7, 11) is 0. The number of amides is 4. The highest BCUT2D eigenvalue weighted by molar-refractivity contribution is 6.10. The van der Waals surface area contributed by atoms with Crippen LogP contribution in [0.15, 0.2) is 24.3 Å². The number of urea groups is 1. The van der Waals surface area contributed by atoms with Crippen LogP contribution in [0.2, 0.25) is 0 Å². The highest BCUT2D eigenvalue weighted by Gasteiger charge is 2.51. The topological polar surface area (TPSA) is 78.5 Å². The second kappa shape index (κ2) is 7.25. The Labute approximate surface area is 148 Å². The summed E-state index contributed by atoms with van der Waals surface area (Å²) in [5, 5.41) is 5.58. The van der Waals surface area contributed by atoms with Crippen LogP contribution in [0.25, 0.3) is 0 Å². The first-order valence-corrected chi connectivity index (χ1v) is 9.07. The largest absolute Gasteiger partial charge is 0.325 e. The van der Waals surface area contributed by atoms with Crippen LogP contribution < -0.4 is 10.6 Å². The molecule has 6 heteroatoms. The number of aryl methyl sites for hydroxylation is 1. The molecule has 1 aromatic rings. The van der Waals surface area contributed by atoms with Crippen LogP contribution in [0.3, 0.4) is 0 Å². The van der Waals surface area contributed by atoms with E-state index in [4.69, 9.17) is 0 Å². The number of imide groups is 1. The van der Waals surface area contributed by atoms with Crippen molar-refractivity contribution in [3.8, 4) is 0 Å². The van der Waals surface area contributed by atoms with Crippen LogP contribution in [-0.2, 0) is 16.0 Å². The van der Waals surface area contributed by atoms with Crippen LogP contribution in [0.1, 0.15) is 51.0 Å². The number of nitrogens with zero attached hydrogens (tertiary/aromatic N) is 1. The summed E-state index contributed by atoms with van der Waals surface area (Å²) in [6.07, 6.45) is 6.33. The molecule has 1 saturated carbocycles. The molecule has 0 radical (unpaired) electrons. The van der Waals surface area contributed by atoms with E-state index in [0.29, 0.717) is 18.5 Å².